The van der Waals surface area contributed by atoms with E-state index in [1.807, 2.05) is 18.2 Å². The number of nitrogens with one attached hydrogen (secondary N) is 2. The Morgan fingerprint density at radius 1 is 1.17 bits per heavy atom. The first-order valence-electron chi connectivity index (χ1n) is 7.61. The molecular weight excluding hydrogens is 292 g/mol. The summed E-state index contributed by atoms with van der Waals surface area (Å²) in [5.74, 6) is 0.155. The summed E-state index contributed by atoms with van der Waals surface area (Å²) in [4.78, 5) is 23.2. The van der Waals surface area contributed by atoms with Crippen LogP contribution < -0.4 is 10.6 Å². The lowest BCUT2D eigenvalue weighted by Gasteiger charge is -2.06. The van der Waals surface area contributed by atoms with Gasteiger partial charge in [-0.05, 0) is 54.3 Å². The molecule has 1 aliphatic heterocycles. The largest absolute Gasteiger partial charge is 0.508 e. The summed E-state index contributed by atoms with van der Waals surface area (Å²) in [7, 11) is 0. The van der Waals surface area contributed by atoms with E-state index >= 15 is 0 Å². The third kappa shape index (κ3) is 3.88. The minimum absolute atomic E-state index is 0.0328. The third-order valence-electron chi connectivity index (χ3n) is 3.82. The van der Waals surface area contributed by atoms with Crippen molar-refractivity contribution in [3.8, 4) is 5.75 Å². The summed E-state index contributed by atoms with van der Waals surface area (Å²) < 4.78 is 0. The second-order valence-electron chi connectivity index (χ2n) is 5.67. The van der Waals surface area contributed by atoms with Crippen molar-refractivity contribution in [2.75, 3.05) is 10.6 Å². The Morgan fingerprint density at radius 3 is 2.74 bits per heavy atom. The molecule has 0 fully saturated rings. The highest BCUT2D eigenvalue weighted by Gasteiger charge is 2.17. The molecule has 3 N–H and O–H groups in total. The Hall–Kier alpha value is -2.82. The first-order chi connectivity index (χ1) is 11.1. The molecule has 0 aliphatic carbocycles. The van der Waals surface area contributed by atoms with Crippen LogP contribution in [-0.2, 0) is 22.4 Å². The van der Waals surface area contributed by atoms with E-state index in [0.29, 0.717) is 18.5 Å². The molecule has 5 heteroatoms. The molecule has 0 radical (unpaired) electrons. The fraction of sp³-hybridized carbons (Fsp3) is 0.222. The highest BCUT2D eigenvalue weighted by atomic mass is 16.3. The molecule has 2 aromatic carbocycles. The van der Waals surface area contributed by atoms with Gasteiger partial charge in [-0.25, -0.2) is 0 Å². The van der Waals surface area contributed by atoms with Crippen molar-refractivity contribution in [2.45, 2.75) is 25.7 Å². The predicted molar refractivity (Wildman–Crippen MR) is 88.5 cm³/mol. The van der Waals surface area contributed by atoms with Gasteiger partial charge in [0.15, 0.2) is 0 Å². The van der Waals surface area contributed by atoms with E-state index in [2.05, 4.69) is 10.6 Å². The minimum Gasteiger partial charge on any atom is -0.508 e. The molecule has 0 saturated heterocycles. The number of carbonyl (C=O) groups excluding carboxylic acids is 2. The Bertz CT molecular complexity index is 738. The number of hydrogen-bond donors (Lipinski definition) is 3. The molecule has 2 aromatic rings. The molecule has 3 rings (SSSR count). The Morgan fingerprint density at radius 2 is 1.96 bits per heavy atom. The maximum absolute atomic E-state index is 11.9. The van der Waals surface area contributed by atoms with Gasteiger partial charge < -0.3 is 15.7 Å². The zero-order valence-corrected chi connectivity index (χ0v) is 12.6. The van der Waals surface area contributed by atoms with Crippen LogP contribution in [0.3, 0.4) is 0 Å². The molecule has 0 bridgehead atoms. The zero-order chi connectivity index (χ0) is 16.2. The van der Waals surface area contributed by atoms with Crippen molar-refractivity contribution in [1.82, 2.24) is 0 Å². The number of aryl methyl sites for hydroxylation is 1. The lowest BCUT2D eigenvalue weighted by Crippen LogP contribution is -2.11. The van der Waals surface area contributed by atoms with E-state index in [4.69, 9.17) is 0 Å². The lowest BCUT2D eigenvalue weighted by atomic mass is 10.0. The molecular formula is C18H18N2O3. The normalized spacial score (nSPS) is 12.6. The van der Waals surface area contributed by atoms with Crippen LogP contribution in [0, 0.1) is 0 Å². The number of benzene rings is 2. The van der Waals surface area contributed by atoms with Gasteiger partial charge in [-0.15, -0.1) is 0 Å². The lowest BCUT2D eigenvalue weighted by molar-refractivity contribution is -0.116. The average molecular weight is 310 g/mol. The standard InChI is InChI=1S/C18H18N2O3/c21-15-8-6-14(7-9-15)19-17(22)3-1-2-12-4-5-13-11-18(23)20-16(13)10-12/h4-10,21H,1-3,11H2,(H,19,22)(H,20,23). The van der Waals surface area contributed by atoms with Gasteiger partial charge in [0, 0.05) is 17.8 Å². The molecule has 0 spiro atoms. The van der Waals surface area contributed by atoms with Crippen LogP contribution in [0.25, 0.3) is 0 Å². The van der Waals surface area contributed by atoms with Crippen LogP contribution in [0.4, 0.5) is 11.4 Å². The molecule has 1 heterocycles. The van der Waals surface area contributed by atoms with Crippen molar-refractivity contribution in [2.24, 2.45) is 0 Å². The number of anilines is 2. The fourth-order valence-corrected chi connectivity index (χ4v) is 2.64. The summed E-state index contributed by atoms with van der Waals surface area (Å²) >= 11 is 0. The van der Waals surface area contributed by atoms with E-state index in [0.717, 1.165) is 29.7 Å². The first-order valence-corrected chi connectivity index (χ1v) is 7.61. The second-order valence-corrected chi connectivity index (χ2v) is 5.67. The van der Waals surface area contributed by atoms with Crippen LogP contribution in [0.1, 0.15) is 24.0 Å². The van der Waals surface area contributed by atoms with Crippen molar-refractivity contribution < 1.29 is 14.7 Å². The number of phenolic OH excluding ortho intramolecular Hbond substituents is 1. The van der Waals surface area contributed by atoms with Crippen LogP contribution in [-0.4, -0.2) is 16.9 Å². The van der Waals surface area contributed by atoms with Gasteiger partial charge in [-0.3, -0.25) is 9.59 Å². The average Bonchev–Trinajstić information content (AvgIpc) is 2.89. The molecule has 2 amide bonds. The molecule has 118 valence electrons. The second kappa shape index (κ2) is 6.52. The van der Waals surface area contributed by atoms with Crippen LogP contribution in [0.15, 0.2) is 42.5 Å². The van der Waals surface area contributed by atoms with E-state index < -0.39 is 0 Å². The highest BCUT2D eigenvalue weighted by Crippen LogP contribution is 2.24. The third-order valence-corrected chi connectivity index (χ3v) is 3.82. The summed E-state index contributed by atoms with van der Waals surface area (Å²) in [6, 6.07) is 12.4. The smallest absolute Gasteiger partial charge is 0.228 e. The Labute approximate surface area is 134 Å². The topological polar surface area (TPSA) is 78.4 Å². The maximum Gasteiger partial charge on any atom is 0.228 e. The highest BCUT2D eigenvalue weighted by molar-refractivity contribution is 5.99. The van der Waals surface area contributed by atoms with Crippen LogP contribution in [0.5, 0.6) is 5.75 Å². The van der Waals surface area contributed by atoms with Crippen molar-refractivity contribution in [3.05, 3.63) is 53.6 Å². The number of fused-ring (bicyclic) bond motifs is 1. The molecule has 1 aliphatic rings. The molecule has 5 nitrogen and oxygen atoms in total. The van der Waals surface area contributed by atoms with E-state index in [1.165, 1.54) is 12.1 Å². The van der Waals surface area contributed by atoms with Gasteiger partial charge in [-0.1, -0.05) is 12.1 Å². The van der Waals surface area contributed by atoms with Gasteiger partial charge in [0.1, 0.15) is 5.75 Å². The van der Waals surface area contributed by atoms with E-state index in [-0.39, 0.29) is 17.6 Å². The van der Waals surface area contributed by atoms with Crippen LogP contribution in [0.2, 0.25) is 0 Å². The minimum atomic E-state index is -0.0508. The number of rotatable bonds is 5. The predicted octanol–water partition coefficient (Wildman–Crippen LogP) is 2.85. The number of aromatic hydroxyl groups is 1. The van der Waals surface area contributed by atoms with Crippen LogP contribution >= 0.6 is 0 Å². The summed E-state index contributed by atoms with van der Waals surface area (Å²) in [5, 5.41) is 14.8. The summed E-state index contributed by atoms with van der Waals surface area (Å²) in [5.41, 5.74) is 3.71. The van der Waals surface area contributed by atoms with Gasteiger partial charge in [0.05, 0.1) is 6.42 Å². The quantitative estimate of drug-likeness (QED) is 0.743. The van der Waals surface area contributed by atoms with Gasteiger partial charge >= 0.3 is 0 Å². The molecule has 23 heavy (non-hydrogen) atoms. The maximum atomic E-state index is 11.9. The van der Waals surface area contributed by atoms with Gasteiger partial charge in [-0.2, -0.15) is 0 Å². The molecule has 0 saturated carbocycles. The summed E-state index contributed by atoms with van der Waals surface area (Å²) in [6.07, 6.45) is 2.39. The molecule has 0 aromatic heterocycles. The number of amides is 2. The van der Waals surface area contributed by atoms with Crippen molar-refractivity contribution in [3.63, 3.8) is 0 Å². The monoisotopic (exact) mass is 310 g/mol. The van der Waals surface area contributed by atoms with Gasteiger partial charge in [0.2, 0.25) is 11.8 Å². The summed E-state index contributed by atoms with van der Waals surface area (Å²) in [6.45, 7) is 0. The van der Waals surface area contributed by atoms with E-state index in [1.54, 1.807) is 12.1 Å². The Kier molecular flexibility index (Phi) is 4.28. The first kappa shape index (κ1) is 15.1. The van der Waals surface area contributed by atoms with Crippen molar-refractivity contribution in [1.29, 1.82) is 0 Å². The van der Waals surface area contributed by atoms with Crippen molar-refractivity contribution >= 4 is 23.2 Å². The van der Waals surface area contributed by atoms with Gasteiger partial charge in [0.25, 0.3) is 0 Å². The number of phenols is 1. The SMILES string of the molecule is O=C(CCCc1ccc2c(c1)NC(=O)C2)Nc1ccc(O)cc1. The number of hydrogen-bond acceptors (Lipinski definition) is 3. The van der Waals surface area contributed by atoms with E-state index in [9.17, 15) is 14.7 Å². The Balaban J connectivity index is 1.48. The zero-order valence-electron chi connectivity index (χ0n) is 12.6. The number of carbonyl (C=O) groups is 2. The molecule has 0 unspecified atom stereocenters. The molecule has 0 atom stereocenters. The fourth-order valence-electron chi connectivity index (χ4n) is 2.64.